The fraction of sp³-hybridized carbons (Fsp3) is 0.438. The summed E-state index contributed by atoms with van der Waals surface area (Å²) in [6.07, 6.45) is 4.13. The third-order valence-electron chi connectivity index (χ3n) is 3.98. The van der Waals surface area contributed by atoms with Crippen LogP contribution in [0.4, 0.5) is 0 Å². The van der Waals surface area contributed by atoms with Crippen LogP contribution in [-0.2, 0) is 6.54 Å². The van der Waals surface area contributed by atoms with Gasteiger partial charge in [-0.1, -0.05) is 25.1 Å². The number of hydrogen-bond acceptors (Lipinski definition) is 3. The van der Waals surface area contributed by atoms with Crippen molar-refractivity contribution in [1.29, 1.82) is 0 Å². The molecule has 1 saturated heterocycles. The Morgan fingerprint density at radius 3 is 2.40 bits per heavy atom. The van der Waals surface area contributed by atoms with E-state index in [4.69, 9.17) is 0 Å². The molecule has 3 rings (SSSR count). The molecule has 20 heavy (non-hydrogen) atoms. The molecule has 2 aromatic rings. The van der Waals surface area contributed by atoms with Crippen LogP contribution >= 0.6 is 0 Å². The zero-order valence-corrected chi connectivity index (χ0v) is 12.1. The minimum Gasteiger partial charge on any atom is -0.301 e. The number of benzene rings is 1. The highest BCUT2D eigenvalue weighted by Crippen LogP contribution is 2.11. The van der Waals surface area contributed by atoms with Crippen molar-refractivity contribution in [3.8, 4) is 5.69 Å². The van der Waals surface area contributed by atoms with E-state index in [1.54, 1.807) is 0 Å². The summed E-state index contributed by atoms with van der Waals surface area (Å²) in [6, 6.07) is 10.3. The quantitative estimate of drug-likeness (QED) is 0.849. The lowest BCUT2D eigenvalue weighted by Crippen LogP contribution is -2.45. The number of para-hydroxylation sites is 1. The van der Waals surface area contributed by atoms with Gasteiger partial charge in [-0.05, 0) is 18.7 Å². The third kappa shape index (κ3) is 3.08. The molecule has 106 valence electrons. The van der Waals surface area contributed by atoms with Crippen molar-refractivity contribution in [2.45, 2.75) is 13.5 Å². The molecule has 0 saturated carbocycles. The Hall–Kier alpha value is -1.65. The second kappa shape index (κ2) is 6.20. The summed E-state index contributed by atoms with van der Waals surface area (Å²) < 4.78 is 1.96. The van der Waals surface area contributed by atoms with Gasteiger partial charge >= 0.3 is 0 Å². The zero-order chi connectivity index (χ0) is 13.8. The number of rotatable bonds is 4. The Kier molecular flexibility index (Phi) is 4.14. The van der Waals surface area contributed by atoms with E-state index >= 15 is 0 Å². The maximum atomic E-state index is 4.46. The highest BCUT2D eigenvalue weighted by molar-refractivity contribution is 5.30. The van der Waals surface area contributed by atoms with Crippen molar-refractivity contribution >= 4 is 0 Å². The van der Waals surface area contributed by atoms with Gasteiger partial charge in [-0.2, -0.15) is 5.10 Å². The largest absolute Gasteiger partial charge is 0.301 e. The number of piperazine rings is 1. The zero-order valence-electron chi connectivity index (χ0n) is 12.1. The SMILES string of the molecule is CCN1CCN(Cc2cnn(-c3ccccc3)c2)CC1. The number of aromatic nitrogens is 2. The lowest BCUT2D eigenvalue weighted by molar-refractivity contribution is 0.132. The van der Waals surface area contributed by atoms with Gasteiger partial charge < -0.3 is 4.90 Å². The highest BCUT2D eigenvalue weighted by atomic mass is 15.3. The number of likely N-dealkylation sites (N-methyl/N-ethyl adjacent to an activating group) is 1. The number of hydrogen-bond donors (Lipinski definition) is 0. The monoisotopic (exact) mass is 270 g/mol. The average Bonchev–Trinajstić information content (AvgIpc) is 2.97. The van der Waals surface area contributed by atoms with Gasteiger partial charge in [0.2, 0.25) is 0 Å². The molecule has 1 fully saturated rings. The summed E-state index contributed by atoms with van der Waals surface area (Å²) in [7, 11) is 0. The van der Waals surface area contributed by atoms with Crippen molar-refractivity contribution < 1.29 is 0 Å². The molecule has 0 unspecified atom stereocenters. The Balaban J connectivity index is 1.61. The van der Waals surface area contributed by atoms with E-state index in [9.17, 15) is 0 Å². The highest BCUT2D eigenvalue weighted by Gasteiger charge is 2.16. The van der Waals surface area contributed by atoms with Gasteiger partial charge in [0.05, 0.1) is 11.9 Å². The second-order valence-electron chi connectivity index (χ2n) is 5.34. The maximum absolute atomic E-state index is 4.46. The lowest BCUT2D eigenvalue weighted by Gasteiger charge is -2.33. The van der Waals surface area contributed by atoms with Gasteiger partial charge in [0.15, 0.2) is 0 Å². The molecule has 1 aromatic heterocycles. The first-order chi connectivity index (χ1) is 9.85. The van der Waals surface area contributed by atoms with E-state index in [-0.39, 0.29) is 0 Å². The third-order valence-corrected chi connectivity index (χ3v) is 3.98. The molecule has 1 aliphatic heterocycles. The molecule has 2 heterocycles. The van der Waals surface area contributed by atoms with E-state index < -0.39 is 0 Å². The van der Waals surface area contributed by atoms with Crippen LogP contribution in [0.1, 0.15) is 12.5 Å². The smallest absolute Gasteiger partial charge is 0.0645 e. The van der Waals surface area contributed by atoms with Gasteiger partial charge in [0.1, 0.15) is 0 Å². The van der Waals surface area contributed by atoms with Crippen LogP contribution in [0.5, 0.6) is 0 Å². The molecule has 4 nitrogen and oxygen atoms in total. The van der Waals surface area contributed by atoms with Crippen LogP contribution in [0.2, 0.25) is 0 Å². The lowest BCUT2D eigenvalue weighted by atomic mass is 10.2. The molecule has 1 aliphatic rings. The summed E-state index contributed by atoms with van der Waals surface area (Å²) in [5, 5.41) is 4.46. The minimum atomic E-state index is 1.00. The molecule has 1 aromatic carbocycles. The molecule has 0 amide bonds. The normalized spacial score (nSPS) is 17.4. The molecule has 0 N–H and O–H groups in total. The summed E-state index contributed by atoms with van der Waals surface area (Å²) in [5.41, 5.74) is 2.41. The minimum absolute atomic E-state index is 1.00. The van der Waals surface area contributed by atoms with Crippen LogP contribution in [-0.4, -0.2) is 52.3 Å². The Morgan fingerprint density at radius 2 is 1.70 bits per heavy atom. The topological polar surface area (TPSA) is 24.3 Å². The first-order valence-corrected chi connectivity index (χ1v) is 7.39. The van der Waals surface area contributed by atoms with Gasteiger partial charge in [0.25, 0.3) is 0 Å². The van der Waals surface area contributed by atoms with E-state index in [1.165, 1.54) is 25.2 Å². The standard InChI is InChI=1S/C16H22N4/c1-2-18-8-10-19(11-9-18)13-15-12-17-20(14-15)16-6-4-3-5-7-16/h3-7,12,14H,2,8-11,13H2,1H3. The first kappa shape index (κ1) is 13.3. The van der Waals surface area contributed by atoms with Crippen LogP contribution in [0.3, 0.4) is 0 Å². The van der Waals surface area contributed by atoms with Gasteiger partial charge in [0, 0.05) is 44.5 Å². The van der Waals surface area contributed by atoms with Crippen LogP contribution < -0.4 is 0 Å². The molecule has 4 heteroatoms. The first-order valence-electron chi connectivity index (χ1n) is 7.39. The van der Waals surface area contributed by atoms with E-state index in [1.807, 2.05) is 29.1 Å². The van der Waals surface area contributed by atoms with Crippen molar-refractivity contribution in [2.24, 2.45) is 0 Å². The summed E-state index contributed by atoms with van der Waals surface area (Å²) in [6.45, 7) is 9.09. The Labute approximate surface area is 120 Å². The van der Waals surface area contributed by atoms with Crippen LogP contribution in [0, 0.1) is 0 Å². The molecular weight excluding hydrogens is 248 g/mol. The average molecular weight is 270 g/mol. The maximum Gasteiger partial charge on any atom is 0.0645 e. The fourth-order valence-electron chi connectivity index (χ4n) is 2.69. The fourth-order valence-corrected chi connectivity index (χ4v) is 2.69. The summed E-state index contributed by atoms with van der Waals surface area (Å²) in [4.78, 5) is 5.02. The van der Waals surface area contributed by atoms with Gasteiger partial charge in [-0.15, -0.1) is 0 Å². The number of nitrogens with zero attached hydrogens (tertiary/aromatic N) is 4. The molecule has 0 radical (unpaired) electrons. The second-order valence-corrected chi connectivity index (χ2v) is 5.34. The predicted molar refractivity (Wildman–Crippen MR) is 81.0 cm³/mol. The van der Waals surface area contributed by atoms with Crippen molar-refractivity contribution in [3.63, 3.8) is 0 Å². The predicted octanol–water partition coefficient (Wildman–Crippen LogP) is 2.01. The Bertz CT molecular complexity index is 526. The molecule has 0 aliphatic carbocycles. The molecule has 0 atom stereocenters. The molecular formula is C16H22N4. The van der Waals surface area contributed by atoms with Crippen LogP contribution in [0.25, 0.3) is 5.69 Å². The van der Waals surface area contributed by atoms with E-state index in [2.05, 4.69) is 40.2 Å². The van der Waals surface area contributed by atoms with Gasteiger partial charge in [-0.3, -0.25) is 4.90 Å². The van der Waals surface area contributed by atoms with Gasteiger partial charge in [-0.25, -0.2) is 4.68 Å². The van der Waals surface area contributed by atoms with Crippen molar-refractivity contribution in [3.05, 3.63) is 48.3 Å². The van der Waals surface area contributed by atoms with Crippen LogP contribution in [0.15, 0.2) is 42.7 Å². The molecule has 0 spiro atoms. The summed E-state index contributed by atoms with van der Waals surface area (Å²) >= 11 is 0. The van der Waals surface area contributed by atoms with Crippen molar-refractivity contribution in [2.75, 3.05) is 32.7 Å². The Morgan fingerprint density at radius 1 is 1.00 bits per heavy atom. The van der Waals surface area contributed by atoms with Crippen molar-refractivity contribution in [1.82, 2.24) is 19.6 Å². The summed E-state index contributed by atoms with van der Waals surface area (Å²) in [5.74, 6) is 0. The van der Waals surface area contributed by atoms with E-state index in [0.717, 1.165) is 25.3 Å². The molecule has 0 bridgehead atoms. The van der Waals surface area contributed by atoms with E-state index in [0.29, 0.717) is 0 Å².